The molecule has 2 amide bonds. The van der Waals surface area contributed by atoms with Gasteiger partial charge in [-0.2, -0.15) is 0 Å². The van der Waals surface area contributed by atoms with E-state index in [0.717, 1.165) is 11.4 Å². The van der Waals surface area contributed by atoms with Gasteiger partial charge < -0.3 is 14.0 Å². The predicted molar refractivity (Wildman–Crippen MR) is 122 cm³/mol. The van der Waals surface area contributed by atoms with Gasteiger partial charge in [-0.05, 0) is 50.5 Å². The highest BCUT2D eigenvalue weighted by atomic mass is 16.5. The number of ketones is 1. The number of Topliss-reactive ketones (excluding diaryl/α,β-unsaturated/α-hetero) is 1. The molecule has 0 N–H and O–H groups in total. The van der Waals surface area contributed by atoms with Gasteiger partial charge in [0.2, 0.25) is 5.78 Å². The Morgan fingerprint density at radius 3 is 2.36 bits per heavy atom. The zero-order valence-electron chi connectivity index (χ0n) is 19.8. The van der Waals surface area contributed by atoms with E-state index in [9.17, 15) is 19.2 Å². The zero-order chi connectivity index (χ0) is 24.3. The number of carbonyl (C=O) groups excluding carboxylic acids is 4. The zero-order valence-corrected chi connectivity index (χ0v) is 19.8. The topological polar surface area (TPSA) is 94.9 Å². The third kappa shape index (κ3) is 5.06. The van der Waals surface area contributed by atoms with Gasteiger partial charge in [0.25, 0.3) is 11.8 Å². The summed E-state index contributed by atoms with van der Waals surface area (Å²) in [5, 5.41) is 0. The lowest BCUT2D eigenvalue weighted by molar-refractivity contribution is 0.0474. The third-order valence-electron chi connectivity index (χ3n) is 5.86. The molecule has 176 valence electrons. The normalized spacial score (nSPS) is 13.1. The molecule has 1 aliphatic heterocycles. The molecular formula is C25H30N2O6. The summed E-state index contributed by atoms with van der Waals surface area (Å²) >= 11 is 0. The lowest BCUT2D eigenvalue weighted by Gasteiger charge is -2.14. The summed E-state index contributed by atoms with van der Waals surface area (Å²) in [6.07, 6.45) is 0.703. The smallest absolute Gasteiger partial charge is 0.338 e. The summed E-state index contributed by atoms with van der Waals surface area (Å²) in [5.41, 5.74) is 2.79. The lowest BCUT2D eigenvalue weighted by Crippen LogP contribution is -2.31. The molecule has 0 bridgehead atoms. The number of hydrogen-bond donors (Lipinski definition) is 0. The summed E-state index contributed by atoms with van der Waals surface area (Å²) < 4.78 is 12.3. The maximum atomic E-state index is 12.7. The van der Waals surface area contributed by atoms with Crippen molar-refractivity contribution in [1.29, 1.82) is 0 Å². The second-order valence-electron chi connectivity index (χ2n) is 8.63. The number of fused-ring (bicyclic) bond motifs is 1. The first-order chi connectivity index (χ1) is 15.6. The van der Waals surface area contributed by atoms with E-state index in [-0.39, 0.29) is 28.4 Å². The van der Waals surface area contributed by atoms with Gasteiger partial charge in [0.1, 0.15) is 0 Å². The minimum atomic E-state index is -0.722. The summed E-state index contributed by atoms with van der Waals surface area (Å²) in [7, 11) is 1.62. The van der Waals surface area contributed by atoms with Gasteiger partial charge >= 0.3 is 5.97 Å². The first-order valence-corrected chi connectivity index (χ1v) is 11.0. The molecule has 0 aliphatic carbocycles. The fourth-order valence-electron chi connectivity index (χ4n) is 3.91. The van der Waals surface area contributed by atoms with Gasteiger partial charge in [0.05, 0.1) is 23.3 Å². The Hall–Kier alpha value is -3.26. The van der Waals surface area contributed by atoms with Crippen LogP contribution in [-0.4, -0.2) is 59.9 Å². The fraction of sp³-hybridized carbons (Fsp3) is 0.440. The van der Waals surface area contributed by atoms with Crippen LogP contribution in [0.3, 0.4) is 0 Å². The fourth-order valence-corrected chi connectivity index (χ4v) is 3.91. The average molecular weight is 455 g/mol. The van der Waals surface area contributed by atoms with Crippen molar-refractivity contribution in [3.8, 4) is 0 Å². The van der Waals surface area contributed by atoms with Crippen LogP contribution in [0.5, 0.6) is 0 Å². The molecule has 0 fully saturated rings. The summed E-state index contributed by atoms with van der Waals surface area (Å²) in [5.74, 6) is -1.45. The predicted octanol–water partition coefficient (Wildman–Crippen LogP) is 3.43. The van der Waals surface area contributed by atoms with E-state index in [0.29, 0.717) is 37.6 Å². The van der Waals surface area contributed by atoms with Crippen LogP contribution in [0.4, 0.5) is 0 Å². The molecule has 1 aromatic carbocycles. The molecule has 0 saturated heterocycles. The largest absolute Gasteiger partial charge is 0.454 e. The van der Waals surface area contributed by atoms with Crippen molar-refractivity contribution in [2.24, 2.45) is 5.92 Å². The van der Waals surface area contributed by atoms with Crippen molar-refractivity contribution in [2.45, 2.75) is 40.7 Å². The SMILES string of the molecule is COCCn1c(C)cc(C(=O)COC(=O)c2ccc3c(c2)C(=O)N(CCC(C)C)C3=O)c1C. The second kappa shape index (κ2) is 10.1. The molecule has 0 spiro atoms. The maximum Gasteiger partial charge on any atom is 0.338 e. The standard InChI is InChI=1S/C25H30N2O6/c1-15(2)8-9-27-23(29)19-7-6-18(13-21(19)24(27)30)25(31)33-14-22(28)20-12-16(3)26(17(20)4)10-11-32-5/h6-7,12-13,15H,8-11,14H2,1-5H3. The number of nitrogens with zero attached hydrogens (tertiary/aromatic N) is 2. The summed E-state index contributed by atoms with van der Waals surface area (Å²) in [4.78, 5) is 51.6. The van der Waals surface area contributed by atoms with Crippen LogP contribution in [0.25, 0.3) is 0 Å². The highest BCUT2D eigenvalue weighted by molar-refractivity contribution is 6.22. The Morgan fingerprint density at radius 2 is 1.70 bits per heavy atom. The molecule has 8 heteroatoms. The molecule has 33 heavy (non-hydrogen) atoms. The number of amides is 2. The first kappa shape index (κ1) is 24.4. The molecule has 2 aromatic rings. The molecule has 3 rings (SSSR count). The van der Waals surface area contributed by atoms with Crippen LogP contribution in [-0.2, 0) is 16.0 Å². The number of esters is 1. The molecule has 8 nitrogen and oxygen atoms in total. The Balaban J connectivity index is 1.68. The van der Waals surface area contributed by atoms with Crippen molar-refractivity contribution in [1.82, 2.24) is 9.47 Å². The van der Waals surface area contributed by atoms with E-state index in [1.165, 1.54) is 23.1 Å². The molecular weight excluding hydrogens is 424 g/mol. The summed E-state index contributed by atoms with van der Waals surface area (Å²) in [6, 6.07) is 6.05. The lowest BCUT2D eigenvalue weighted by atomic mass is 10.1. The number of carbonyl (C=O) groups is 4. The molecule has 0 saturated carbocycles. The van der Waals surface area contributed by atoms with Crippen LogP contribution < -0.4 is 0 Å². The van der Waals surface area contributed by atoms with Crippen molar-refractivity contribution in [3.63, 3.8) is 0 Å². The van der Waals surface area contributed by atoms with Crippen molar-refractivity contribution < 1.29 is 28.7 Å². The highest BCUT2D eigenvalue weighted by Crippen LogP contribution is 2.25. The Morgan fingerprint density at radius 1 is 1.00 bits per heavy atom. The van der Waals surface area contributed by atoms with Gasteiger partial charge in [-0.3, -0.25) is 19.3 Å². The van der Waals surface area contributed by atoms with Crippen LogP contribution >= 0.6 is 0 Å². The van der Waals surface area contributed by atoms with E-state index in [1.807, 2.05) is 32.3 Å². The molecule has 0 atom stereocenters. The highest BCUT2D eigenvalue weighted by Gasteiger charge is 2.36. The van der Waals surface area contributed by atoms with E-state index < -0.39 is 18.5 Å². The third-order valence-corrected chi connectivity index (χ3v) is 5.86. The van der Waals surface area contributed by atoms with Gasteiger partial charge in [-0.25, -0.2) is 4.79 Å². The van der Waals surface area contributed by atoms with Crippen molar-refractivity contribution in [3.05, 3.63) is 57.9 Å². The monoisotopic (exact) mass is 454 g/mol. The van der Waals surface area contributed by atoms with Crippen LogP contribution in [0.2, 0.25) is 0 Å². The molecule has 2 heterocycles. The van der Waals surface area contributed by atoms with E-state index in [2.05, 4.69) is 0 Å². The minimum absolute atomic E-state index is 0.124. The number of hydrogen-bond acceptors (Lipinski definition) is 6. The minimum Gasteiger partial charge on any atom is -0.454 e. The van der Waals surface area contributed by atoms with E-state index >= 15 is 0 Å². The van der Waals surface area contributed by atoms with Crippen LogP contribution in [0.15, 0.2) is 24.3 Å². The summed E-state index contributed by atoms with van der Waals surface area (Å²) in [6.45, 7) is 8.84. The first-order valence-electron chi connectivity index (χ1n) is 11.0. The molecule has 1 aliphatic rings. The number of methoxy groups -OCH3 is 1. The quantitative estimate of drug-likeness (QED) is 0.310. The molecule has 1 aromatic heterocycles. The second-order valence-corrected chi connectivity index (χ2v) is 8.63. The maximum absolute atomic E-state index is 12.7. The van der Waals surface area contributed by atoms with Crippen LogP contribution in [0.1, 0.15) is 73.1 Å². The molecule has 0 unspecified atom stereocenters. The van der Waals surface area contributed by atoms with Crippen LogP contribution in [0, 0.1) is 19.8 Å². The number of aromatic nitrogens is 1. The number of imide groups is 1. The van der Waals surface area contributed by atoms with Gasteiger partial charge in [0, 0.05) is 37.2 Å². The van der Waals surface area contributed by atoms with Crippen molar-refractivity contribution in [2.75, 3.05) is 26.9 Å². The van der Waals surface area contributed by atoms with Gasteiger partial charge in [-0.15, -0.1) is 0 Å². The Kier molecular flexibility index (Phi) is 7.48. The number of benzene rings is 1. The Bertz CT molecular complexity index is 1100. The van der Waals surface area contributed by atoms with E-state index in [1.54, 1.807) is 13.2 Å². The molecule has 0 radical (unpaired) electrons. The number of rotatable bonds is 10. The average Bonchev–Trinajstić information content (AvgIpc) is 3.20. The Labute approximate surface area is 193 Å². The number of aryl methyl sites for hydroxylation is 1. The van der Waals surface area contributed by atoms with Crippen molar-refractivity contribution >= 4 is 23.6 Å². The van der Waals surface area contributed by atoms with E-state index in [4.69, 9.17) is 9.47 Å². The number of ether oxygens (including phenoxy) is 2. The van der Waals surface area contributed by atoms with Gasteiger partial charge in [0.15, 0.2) is 6.61 Å². The van der Waals surface area contributed by atoms with Gasteiger partial charge in [-0.1, -0.05) is 13.8 Å².